The van der Waals surface area contributed by atoms with Gasteiger partial charge in [-0.15, -0.1) is 0 Å². The summed E-state index contributed by atoms with van der Waals surface area (Å²) in [5, 5.41) is 0. The molecule has 0 amide bonds. The summed E-state index contributed by atoms with van der Waals surface area (Å²) in [5.41, 5.74) is -5.63. The largest absolute Gasteiger partial charge is 0.518 e. The number of hydrogen-bond acceptors (Lipinski definition) is 2. The molecule has 1 aromatic rings. The van der Waals surface area contributed by atoms with Gasteiger partial charge in [-0.2, -0.15) is 26.3 Å². The van der Waals surface area contributed by atoms with Crippen molar-refractivity contribution in [3.8, 4) is 0 Å². The second kappa shape index (κ2) is 4.01. The SMILES string of the molecule is O=S(=O)([N]c1ccc(Br)cc1)C(F)(F)F. The third-order valence-corrected chi connectivity index (χ3v) is 2.91. The Kier molecular flexibility index (Phi) is 3.29. The van der Waals surface area contributed by atoms with Crippen LogP contribution in [0.15, 0.2) is 28.7 Å². The number of sulfonamides is 1. The summed E-state index contributed by atoms with van der Waals surface area (Å²) in [6.07, 6.45) is 0. The highest BCUT2D eigenvalue weighted by Gasteiger charge is 2.47. The van der Waals surface area contributed by atoms with E-state index < -0.39 is 15.5 Å². The fraction of sp³-hybridized carbons (Fsp3) is 0.143. The van der Waals surface area contributed by atoms with Crippen molar-refractivity contribution in [2.75, 3.05) is 0 Å². The number of halogens is 4. The first kappa shape index (κ1) is 12.3. The zero-order valence-electron chi connectivity index (χ0n) is 6.99. The molecule has 0 N–H and O–H groups in total. The van der Waals surface area contributed by atoms with Crippen LogP contribution in [0.4, 0.5) is 18.9 Å². The molecule has 0 bridgehead atoms. The van der Waals surface area contributed by atoms with Gasteiger partial charge in [-0.3, -0.25) is 0 Å². The van der Waals surface area contributed by atoms with Crippen LogP contribution in [0.25, 0.3) is 0 Å². The van der Waals surface area contributed by atoms with Gasteiger partial charge < -0.3 is 0 Å². The summed E-state index contributed by atoms with van der Waals surface area (Å²) < 4.78 is 60.2. The third kappa shape index (κ3) is 3.10. The maximum absolute atomic E-state index is 11.9. The highest BCUT2D eigenvalue weighted by Crippen LogP contribution is 2.26. The van der Waals surface area contributed by atoms with E-state index in [-0.39, 0.29) is 5.69 Å². The Balaban J connectivity index is 2.93. The van der Waals surface area contributed by atoms with E-state index in [0.29, 0.717) is 4.47 Å². The van der Waals surface area contributed by atoms with Gasteiger partial charge in [0.1, 0.15) is 0 Å². The summed E-state index contributed by atoms with van der Waals surface area (Å²) in [6, 6.07) is 5.11. The van der Waals surface area contributed by atoms with E-state index in [1.165, 1.54) is 12.1 Å². The van der Waals surface area contributed by atoms with E-state index in [4.69, 9.17) is 0 Å². The summed E-state index contributed by atoms with van der Waals surface area (Å²) in [7, 11) is -5.45. The number of benzene rings is 1. The minimum absolute atomic E-state index is 0.268. The molecule has 0 aliphatic carbocycles. The van der Waals surface area contributed by atoms with Crippen molar-refractivity contribution in [2.45, 2.75) is 5.51 Å². The Hall–Kier alpha value is -0.760. The fourth-order valence-corrected chi connectivity index (χ4v) is 1.46. The second-order valence-corrected chi connectivity index (χ2v) is 5.00. The normalized spacial score (nSPS) is 12.5. The van der Waals surface area contributed by atoms with Gasteiger partial charge in [0, 0.05) is 4.47 Å². The van der Waals surface area contributed by atoms with Crippen LogP contribution in [0.1, 0.15) is 0 Å². The average molecular weight is 303 g/mol. The molecule has 1 aromatic carbocycles. The second-order valence-electron chi connectivity index (χ2n) is 2.49. The Morgan fingerprint density at radius 2 is 1.60 bits per heavy atom. The van der Waals surface area contributed by atoms with Crippen molar-refractivity contribution in [1.29, 1.82) is 0 Å². The molecule has 83 valence electrons. The highest BCUT2D eigenvalue weighted by molar-refractivity contribution is 9.10. The molecule has 1 radical (unpaired) electrons. The maximum atomic E-state index is 11.9. The topological polar surface area (TPSA) is 48.2 Å². The van der Waals surface area contributed by atoms with Crippen LogP contribution in [0.3, 0.4) is 0 Å². The molecule has 0 saturated heterocycles. The monoisotopic (exact) mass is 302 g/mol. The van der Waals surface area contributed by atoms with Gasteiger partial charge >= 0.3 is 15.5 Å². The Bertz CT molecular complexity index is 440. The molecule has 0 fully saturated rings. The number of rotatable bonds is 2. The van der Waals surface area contributed by atoms with Crippen molar-refractivity contribution >= 4 is 31.6 Å². The smallest absolute Gasteiger partial charge is 0.195 e. The van der Waals surface area contributed by atoms with Crippen LogP contribution < -0.4 is 4.72 Å². The van der Waals surface area contributed by atoms with Gasteiger partial charge in [0.25, 0.3) is 0 Å². The maximum Gasteiger partial charge on any atom is 0.518 e. The van der Waals surface area contributed by atoms with Crippen LogP contribution in [-0.4, -0.2) is 13.9 Å². The van der Waals surface area contributed by atoms with Gasteiger partial charge in [0.15, 0.2) is 0 Å². The zero-order chi connectivity index (χ0) is 11.7. The summed E-state index contributed by atoms with van der Waals surface area (Å²) >= 11 is 3.05. The van der Waals surface area contributed by atoms with Crippen molar-refractivity contribution in [2.24, 2.45) is 0 Å². The van der Waals surface area contributed by atoms with Crippen LogP contribution in [0, 0.1) is 0 Å². The molecule has 0 heterocycles. The molecule has 15 heavy (non-hydrogen) atoms. The Morgan fingerprint density at radius 1 is 1.13 bits per heavy atom. The van der Waals surface area contributed by atoms with E-state index in [1.807, 2.05) is 0 Å². The van der Waals surface area contributed by atoms with Gasteiger partial charge in [-0.25, -0.2) is 0 Å². The van der Waals surface area contributed by atoms with Crippen LogP contribution in [-0.2, 0) is 10.0 Å². The van der Waals surface area contributed by atoms with Gasteiger partial charge in [-0.05, 0) is 24.3 Å². The first-order valence-corrected chi connectivity index (χ1v) is 5.75. The standard InChI is InChI=1S/C7H4BrF3NO2S/c8-5-1-3-6(4-2-5)12-15(13,14)7(9,10)11/h1-4H. The molecular weight excluding hydrogens is 299 g/mol. The minimum Gasteiger partial charge on any atom is -0.195 e. The van der Waals surface area contributed by atoms with E-state index in [0.717, 1.165) is 12.1 Å². The molecule has 0 atom stereocenters. The predicted molar refractivity (Wildman–Crippen MR) is 50.9 cm³/mol. The lowest BCUT2D eigenvalue weighted by atomic mass is 10.3. The number of hydrogen-bond donors (Lipinski definition) is 0. The predicted octanol–water partition coefficient (Wildman–Crippen LogP) is 2.53. The molecule has 0 spiro atoms. The average Bonchev–Trinajstić information content (AvgIpc) is 2.06. The van der Waals surface area contributed by atoms with Gasteiger partial charge in [0.2, 0.25) is 0 Å². The van der Waals surface area contributed by atoms with Crippen LogP contribution >= 0.6 is 15.9 Å². The number of alkyl halides is 3. The van der Waals surface area contributed by atoms with E-state index in [9.17, 15) is 21.6 Å². The number of nitrogens with zero attached hydrogens (tertiary/aromatic N) is 1. The van der Waals surface area contributed by atoms with Gasteiger partial charge in [-0.1, -0.05) is 15.9 Å². The van der Waals surface area contributed by atoms with Crippen molar-refractivity contribution in [1.82, 2.24) is 4.72 Å². The lowest BCUT2D eigenvalue weighted by molar-refractivity contribution is -0.0444. The van der Waals surface area contributed by atoms with E-state index >= 15 is 0 Å². The molecule has 0 saturated carbocycles. The molecular formula is C7H4BrF3NO2S. The van der Waals surface area contributed by atoms with Crippen molar-refractivity contribution in [3.63, 3.8) is 0 Å². The molecule has 0 aliphatic rings. The molecule has 0 aliphatic heterocycles. The van der Waals surface area contributed by atoms with Crippen LogP contribution in [0.2, 0.25) is 0 Å². The molecule has 0 unspecified atom stereocenters. The fourth-order valence-electron chi connectivity index (χ4n) is 0.692. The lowest BCUT2D eigenvalue weighted by Crippen LogP contribution is -2.29. The van der Waals surface area contributed by atoms with E-state index in [1.54, 1.807) is 0 Å². The summed E-state index contributed by atoms with van der Waals surface area (Å²) in [5.74, 6) is 0. The quantitative estimate of drug-likeness (QED) is 0.843. The summed E-state index contributed by atoms with van der Waals surface area (Å²) in [6.45, 7) is 0. The van der Waals surface area contributed by atoms with Gasteiger partial charge in [0.05, 0.1) is 5.69 Å². The molecule has 3 nitrogen and oxygen atoms in total. The first-order chi connectivity index (χ1) is 6.72. The lowest BCUT2D eigenvalue weighted by Gasteiger charge is -2.07. The van der Waals surface area contributed by atoms with Crippen LogP contribution in [0.5, 0.6) is 0 Å². The third-order valence-electron chi connectivity index (χ3n) is 1.34. The van der Waals surface area contributed by atoms with E-state index in [2.05, 4.69) is 20.7 Å². The van der Waals surface area contributed by atoms with Crippen molar-refractivity contribution in [3.05, 3.63) is 28.7 Å². The Labute approximate surface area is 92.5 Å². The molecule has 8 heteroatoms. The first-order valence-electron chi connectivity index (χ1n) is 3.52. The Morgan fingerprint density at radius 3 is 2.00 bits per heavy atom. The molecule has 1 rings (SSSR count). The molecule has 0 aromatic heterocycles. The zero-order valence-corrected chi connectivity index (χ0v) is 9.40. The summed E-state index contributed by atoms with van der Waals surface area (Å²) in [4.78, 5) is 0. The van der Waals surface area contributed by atoms with Crippen molar-refractivity contribution < 1.29 is 21.6 Å². The highest BCUT2D eigenvalue weighted by atomic mass is 79.9. The minimum atomic E-state index is -5.45.